The van der Waals surface area contributed by atoms with Crippen LogP contribution >= 0.6 is 11.8 Å². The van der Waals surface area contributed by atoms with Crippen LogP contribution in [0.4, 0.5) is 5.69 Å². The number of fused-ring (bicyclic) bond motifs is 2. The zero-order chi connectivity index (χ0) is 20.7. The van der Waals surface area contributed by atoms with Crippen LogP contribution in [0.1, 0.15) is 22.8 Å². The van der Waals surface area contributed by atoms with Crippen molar-refractivity contribution in [1.82, 2.24) is 0 Å². The van der Waals surface area contributed by atoms with Crippen molar-refractivity contribution in [2.45, 2.75) is 16.6 Å². The van der Waals surface area contributed by atoms with Gasteiger partial charge in [0, 0.05) is 28.0 Å². The molecular weight excluding hydrogens is 398 g/mol. The topological polar surface area (TPSA) is 83.0 Å². The van der Waals surface area contributed by atoms with Crippen LogP contribution in [0.3, 0.4) is 0 Å². The monoisotopic (exact) mass is 415 g/mol. The lowest BCUT2D eigenvalue weighted by Gasteiger charge is -2.16. The molecule has 5 rings (SSSR count). The van der Waals surface area contributed by atoms with Crippen molar-refractivity contribution in [3.05, 3.63) is 94.3 Å². The van der Waals surface area contributed by atoms with E-state index in [-0.39, 0.29) is 16.7 Å². The quantitative estimate of drug-likeness (QED) is 0.419. The van der Waals surface area contributed by atoms with E-state index in [0.717, 1.165) is 21.5 Å². The third-order valence-corrected chi connectivity index (χ3v) is 6.34. The van der Waals surface area contributed by atoms with E-state index in [2.05, 4.69) is 0 Å². The zero-order valence-corrected chi connectivity index (χ0v) is 16.6. The second kappa shape index (κ2) is 7.39. The van der Waals surface area contributed by atoms with E-state index >= 15 is 0 Å². The van der Waals surface area contributed by atoms with Gasteiger partial charge in [-0.05, 0) is 42.0 Å². The summed E-state index contributed by atoms with van der Waals surface area (Å²) in [5, 5.41) is 20.6. The molecular formula is C24H17NO4S. The van der Waals surface area contributed by atoms with Crippen molar-refractivity contribution in [2.24, 2.45) is 4.99 Å². The maximum atomic E-state index is 12.8. The van der Waals surface area contributed by atoms with Gasteiger partial charge in [-0.1, -0.05) is 30.3 Å². The predicted molar refractivity (Wildman–Crippen MR) is 118 cm³/mol. The smallest absolute Gasteiger partial charge is 0.345 e. The SMILES string of the molecule is O=c1oc2ccccc2cc1C1=Nc2ccccc2S[C@@H](c2cc(O)cc(O)c2)C1. The maximum Gasteiger partial charge on any atom is 0.345 e. The van der Waals surface area contributed by atoms with E-state index in [1.165, 1.54) is 6.07 Å². The Labute approximate surface area is 176 Å². The third kappa shape index (κ3) is 3.46. The molecule has 6 heteroatoms. The van der Waals surface area contributed by atoms with Crippen LogP contribution < -0.4 is 5.63 Å². The average molecular weight is 415 g/mol. The van der Waals surface area contributed by atoms with Gasteiger partial charge in [0.1, 0.15) is 17.1 Å². The molecule has 1 atom stereocenters. The van der Waals surface area contributed by atoms with Crippen LogP contribution in [0.25, 0.3) is 11.0 Å². The van der Waals surface area contributed by atoms with Gasteiger partial charge in [-0.15, -0.1) is 11.8 Å². The molecule has 4 aromatic rings. The van der Waals surface area contributed by atoms with Crippen LogP contribution in [0.2, 0.25) is 0 Å². The molecule has 0 spiro atoms. The minimum atomic E-state index is -0.436. The Hall–Kier alpha value is -3.51. The van der Waals surface area contributed by atoms with Gasteiger partial charge in [-0.3, -0.25) is 4.99 Å². The number of hydrogen-bond donors (Lipinski definition) is 2. The number of phenolic OH excluding ortho intramolecular Hbond substituents is 2. The Morgan fingerprint density at radius 2 is 1.67 bits per heavy atom. The average Bonchev–Trinajstić information content (AvgIpc) is 2.92. The fraction of sp³-hybridized carbons (Fsp3) is 0.0833. The fourth-order valence-electron chi connectivity index (χ4n) is 3.63. The van der Waals surface area contributed by atoms with Crippen LogP contribution in [0, 0.1) is 0 Å². The molecule has 0 saturated carbocycles. The molecule has 0 aliphatic carbocycles. The zero-order valence-electron chi connectivity index (χ0n) is 15.8. The number of aromatic hydroxyl groups is 2. The highest BCUT2D eigenvalue weighted by Gasteiger charge is 2.25. The Bertz CT molecular complexity index is 1340. The summed E-state index contributed by atoms with van der Waals surface area (Å²) in [5.74, 6) is -0.0151. The number of nitrogens with zero attached hydrogens (tertiary/aromatic N) is 1. The number of thioether (sulfide) groups is 1. The van der Waals surface area contributed by atoms with Crippen molar-refractivity contribution in [2.75, 3.05) is 0 Å². The molecule has 1 aliphatic rings. The van der Waals surface area contributed by atoms with E-state index in [9.17, 15) is 15.0 Å². The van der Waals surface area contributed by atoms with Crippen molar-refractivity contribution in [3.8, 4) is 11.5 Å². The van der Waals surface area contributed by atoms with Crippen LogP contribution in [0.5, 0.6) is 11.5 Å². The molecule has 3 aromatic carbocycles. The molecule has 0 fully saturated rings. The van der Waals surface area contributed by atoms with Gasteiger partial charge >= 0.3 is 5.63 Å². The molecule has 0 radical (unpaired) electrons. The number of hydrogen-bond acceptors (Lipinski definition) is 6. The molecule has 1 aromatic heterocycles. The van der Waals surface area contributed by atoms with Gasteiger partial charge in [-0.25, -0.2) is 4.79 Å². The summed E-state index contributed by atoms with van der Waals surface area (Å²) in [6, 6.07) is 21.5. The Morgan fingerprint density at radius 3 is 2.50 bits per heavy atom. The fourth-order valence-corrected chi connectivity index (χ4v) is 4.85. The number of phenols is 2. The molecule has 2 heterocycles. The summed E-state index contributed by atoms with van der Waals surface area (Å²) >= 11 is 1.59. The first-order valence-corrected chi connectivity index (χ1v) is 10.3. The Morgan fingerprint density at radius 1 is 0.933 bits per heavy atom. The number of benzene rings is 3. The number of rotatable bonds is 2. The standard InChI is InChI=1S/C24H17NO4S/c26-16-9-15(10-17(27)12-16)23-13-20(25-19-6-2-4-8-22(19)30-23)18-11-14-5-1-3-7-21(14)29-24(18)28/h1-12,23,26-27H,13H2/t23-/m1/s1. The van der Waals surface area contributed by atoms with Gasteiger partial charge in [-0.2, -0.15) is 0 Å². The van der Waals surface area contributed by atoms with Crippen molar-refractivity contribution in [1.29, 1.82) is 0 Å². The van der Waals surface area contributed by atoms with E-state index in [1.807, 2.05) is 48.5 Å². The summed E-state index contributed by atoms with van der Waals surface area (Å²) in [6.45, 7) is 0. The molecule has 1 aliphatic heterocycles. The van der Waals surface area contributed by atoms with Gasteiger partial charge < -0.3 is 14.6 Å². The highest BCUT2D eigenvalue weighted by atomic mass is 32.2. The Balaban J connectivity index is 1.68. The molecule has 30 heavy (non-hydrogen) atoms. The molecule has 0 saturated heterocycles. The summed E-state index contributed by atoms with van der Waals surface area (Å²) < 4.78 is 5.53. The summed E-state index contributed by atoms with van der Waals surface area (Å²) in [4.78, 5) is 18.5. The van der Waals surface area contributed by atoms with Crippen LogP contribution in [0.15, 0.2) is 91.9 Å². The van der Waals surface area contributed by atoms with E-state index in [0.29, 0.717) is 23.3 Å². The number of aliphatic imine (C=N–C) groups is 1. The molecule has 5 nitrogen and oxygen atoms in total. The van der Waals surface area contributed by atoms with Crippen molar-refractivity contribution >= 4 is 34.1 Å². The summed E-state index contributed by atoms with van der Waals surface area (Å²) in [5.41, 5.74) is 2.66. The largest absolute Gasteiger partial charge is 0.508 e. The second-order valence-electron chi connectivity index (χ2n) is 7.10. The third-order valence-electron chi connectivity index (χ3n) is 5.02. The first kappa shape index (κ1) is 18.5. The van der Waals surface area contributed by atoms with Gasteiger partial charge in [0.2, 0.25) is 0 Å². The summed E-state index contributed by atoms with van der Waals surface area (Å²) in [6.07, 6.45) is 0.436. The minimum absolute atomic E-state index is 0.00756. The van der Waals surface area contributed by atoms with Gasteiger partial charge in [0.25, 0.3) is 0 Å². The molecule has 0 amide bonds. The van der Waals surface area contributed by atoms with Gasteiger partial charge in [0.05, 0.1) is 17.0 Å². The number of para-hydroxylation sites is 2. The van der Waals surface area contributed by atoms with Crippen LogP contribution in [-0.2, 0) is 0 Å². The van der Waals surface area contributed by atoms with E-state index in [4.69, 9.17) is 9.41 Å². The highest BCUT2D eigenvalue weighted by Crippen LogP contribution is 2.46. The van der Waals surface area contributed by atoms with E-state index in [1.54, 1.807) is 30.0 Å². The van der Waals surface area contributed by atoms with Crippen molar-refractivity contribution < 1.29 is 14.6 Å². The predicted octanol–water partition coefficient (Wildman–Crippen LogP) is 5.56. The lowest BCUT2D eigenvalue weighted by Crippen LogP contribution is -2.16. The second-order valence-corrected chi connectivity index (χ2v) is 8.35. The van der Waals surface area contributed by atoms with E-state index < -0.39 is 5.63 Å². The molecule has 2 N–H and O–H groups in total. The first-order valence-electron chi connectivity index (χ1n) is 9.46. The van der Waals surface area contributed by atoms with Gasteiger partial charge in [0.15, 0.2) is 0 Å². The lowest BCUT2D eigenvalue weighted by atomic mass is 10.0. The maximum absolute atomic E-state index is 12.8. The van der Waals surface area contributed by atoms with Crippen molar-refractivity contribution in [3.63, 3.8) is 0 Å². The first-order chi connectivity index (χ1) is 14.6. The highest BCUT2D eigenvalue weighted by molar-refractivity contribution is 7.99. The Kier molecular flexibility index (Phi) is 4.56. The minimum Gasteiger partial charge on any atom is -0.508 e. The normalized spacial score (nSPS) is 16.0. The molecule has 148 valence electrons. The van der Waals surface area contributed by atoms with Crippen LogP contribution in [-0.4, -0.2) is 15.9 Å². The lowest BCUT2D eigenvalue weighted by molar-refractivity contribution is 0.449. The molecule has 0 unspecified atom stereocenters. The molecule has 0 bridgehead atoms. The summed E-state index contributed by atoms with van der Waals surface area (Å²) in [7, 11) is 0.